The lowest BCUT2D eigenvalue weighted by Crippen LogP contribution is -2.41. The molecule has 1 atom stereocenters. The number of rotatable bonds is 6. The van der Waals surface area contributed by atoms with Gasteiger partial charge in [-0.3, -0.25) is 4.79 Å². The van der Waals surface area contributed by atoms with Crippen LogP contribution in [0.5, 0.6) is 0 Å². The van der Waals surface area contributed by atoms with Crippen LogP contribution < -0.4 is 10.5 Å². The lowest BCUT2D eigenvalue weighted by molar-refractivity contribution is -0.131. The van der Waals surface area contributed by atoms with Gasteiger partial charge in [0.15, 0.2) is 0 Å². The third-order valence-electron chi connectivity index (χ3n) is 3.65. The van der Waals surface area contributed by atoms with Crippen molar-refractivity contribution in [3.63, 3.8) is 0 Å². The lowest BCUT2D eigenvalue weighted by atomic mass is 10.2. The summed E-state index contributed by atoms with van der Waals surface area (Å²) in [6.45, 7) is 1.28. The molecular weight excluding hydrogens is 326 g/mol. The van der Waals surface area contributed by atoms with Crippen LogP contribution >= 0.6 is 12.4 Å². The van der Waals surface area contributed by atoms with Crippen LogP contribution in [0.3, 0.4) is 0 Å². The maximum absolute atomic E-state index is 12.1. The van der Waals surface area contributed by atoms with E-state index >= 15 is 0 Å². The molecule has 1 aromatic carbocycles. The average Bonchev–Trinajstić information content (AvgIpc) is 2.96. The monoisotopic (exact) mass is 347 g/mol. The SMILES string of the molecule is Cl.NCC1CCCN1C(=O)CCNS(=O)(=O)c1ccccc1. The van der Waals surface area contributed by atoms with E-state index in [0.29, 0.717) is 13.1 Å². The molecule has 1 aliphatic heterocycles. The Kier molecular flexibility index (Phi) is 7.28. The van der Waals surface area contributed by atoms with Gasteiger partial charge in [0.2, 0.25) is 15.9 Å². The van der Waals surface area contributed by atoms with Gasteiger partial charge >= 0.3 is 0 Å². The number of nitrogens with zero attached hydrogens (tertiary/aromatic N) is 1. The first-order valence-electron chi connectivity index (χ1n) is 7.09. The number of carbonyl (C=O) groups is 1. The summed E-state index contributed by atoms with van der Waals surface area (Å²) in [5.41, 5.74) is 5.63. The van der Waals surface area contributed by atoms with Crippen molar-refractivity contribution in [1.82, 2.24) is 9.62 Å². The van der Waals surface area contributed by atoms with Gasteiger partial charge < -0.3 is 10.6 Å². The van der Waals surface area contributed by atoms with Crippen LogP contribution in [-0.2, 0) is 14.8 Å². The number of amides is 1. The number of carbonyl (C=O) groups excluding carboxylic acids is 1. The zero-order chi connectivity index (χ0) is 15.3. The molecule has 0 radical (unpaired) electrons. The standard InChI is InChI=1S/C14H21N3O3S.ClH/c15-11-12-5-4-10-17(12)14(18)8-9-16-21(19,20)13-6-2-1-3-7-13;/h1-3,6-7,12,16H,4-5,8-11,15H2;1H. The minimum absolute atomic E-state index is 0. The summed E-state index contributed by atoms with van der Waals surface area (Å²) in [5, 5.41) is 0. The van der Waals surface area contributed by atoms with Gasteiger partial charge in [0.25, 0.3) is 0 Å². The van der Waals surface area contributed by atoms with E-state index in [1.807, 2.05) is 0 Å². The number of benzene rings is 1. The third kappa shape index (κ3) is 4.67. The van der Waals surface area contributed by atoms with Crippen molar-refractivity contribution < 1.29 is 13.2 Å². The van der Waals surface area contributed by atoms with Gasteiger partial charge in [0.05, 0.1) is 4.90 Å². The Balaban J connectivity index is 0.00000242. The second kappa shape index (κ2) is 8.47. The third-order valence-corrected chi connectivity index (χ3v) is 5.13. The van der Waals surface area contributed by atoms with E-state index < -0.39 is 10.0 Å². The molecule has 3 N–H and O–H groups in total. The molecule has 0 saturated carbocycles. The summed E-state index contributed by atoms with van der Waals surface area (Å²) >= 11 is 0. The number of likely N-dealkylation sites (tertiary alicyclic amines) is 1. The van der Waals surface area contributed by atoms with E-state index in [0.717, 1.165) is 12.8 Å². The predicted octanol–water partition coefficient (Wildman–Crippen LogP) is 0.727. The first kappa shape index (κ1) is 18.9. The Morgan fingerprint density at radius 1 is 1.32 bits per heavy atom. The first-order chi connectivity index (χ1) is 10.0. The first-order valence-corrected chi connectivity index (χ1v) is 8.57. The molecule has 1 aliphatic rings. The molecule has 22 heavy (non-hydrogen) atoms. The molecule has 124 valence electrons. The van der Waals surface area contributed by atoms with Gasteiger partial charge in [-0.25, -0.2) is 13.1 Å². The van der Waals surface area contributed by atoms with E-state index in [1.165, 1.54) is 12.1 Å². The number of hydrogen-bond acceptors (Lipinski definition) is 4. The predicted molar refractivity (Wildman–Crippen MR) is 87.3 cm³/mol. The van der Waals surface area contributed by atoms with E-state index in [4.69, 9.17) is 5.73 Å². The number of halogens is 1. The summed E-state index contributed by atoms with van der Waals surface area (Å²) in [7, 11) is -3.54. The van der Waals surface area contributed by atoms with Crippen molar-refractivity contribution in [3.05, 3.63) is 30.3 Å². The van der Waals surface area contributed by atoms with Gasteiger partial charge in [-0.15, -0.1) is 12.4 Å². The van der Waals surface area contributed by atoms with Crippen LogP contribution in [0.1, 0.15) is 19.3 Å². The fourth-order valence-electron chi connectivity index (χ4n) is 2.53. The maximum Gasteiger partial charge on any atom is 0.240 e. The summed E-state index contributed by atoms with van der Waals surface area (Å²) in [4.78, 5) is 14.0. The smallest absolute Gasteiger partial charge is 0.240 e. The van der Waals surface area contributed by atoms with Crippen molar-refractivity contribution in [3.8, 4) is 0 Å². The highest BCUT2D eigenvalue weighted by molar-refractivity contribution is 7.89. The van der Waals surface area contributed by atoms with Crippen molar-refractivity contribution in [1.29, 1.82) is 0 Å². The Bertz CT molecular complexity index is 580. The fourth-order valence-corrected chi connectivity index (χ4v) is 3.58. The van der Waals surface area contributed by atoms with Crippen molar-refractivity contribution in [2.75, 3.05) is 19.6 Å². The number of nitrogens with one attached hydrogen (secondary N) is 1. The van der Waals surface area contributed by atoms with Crippen molar-refractivity contribution >= 4 is 28.3 Å². The molecule has 1 aromatic rings. The second-order valence-electron chi connectivity index (χ2n) is 5.08. The molecule has 1 amide bonds. The van der Waals surface area contributed by atoms with Gasteiger partial charge in [-0.1, -0.05) is 18.2 Å². The molecule has 2 rings (SSSR count). The van der Waals surface area contributed by atoms with E-state index in [9.17, 15) is 13.2 Å². The van der Waals surface area contributed by atoms with Crippen LogP contribution in [0.25, 0.3) is 0 Å². The summed E-state index contributed by atoms with van der Waals surface area (Å²) < 4.78 is 26.5. The van der Waals surface area contributed by atoms with Crippen LogP contribution in [0.15, 0.2) is 35.2 Å². The average molecular weight is 348 g/mol. The minimum Gasteiger partial charge on any atom is -0.338 e. The molecule has 0 spiro atoms. The summed E-state index contributed by atoms with van der Waals surface area (Å²) in [5.74, 6) is -0.0429. The molecule has 0 bridgehead atoms. The van der Waals surface area contributed by atoms with Crippen LogP contribution in [0, 0.1) is 0 Å². The number of sulfonamides is 1. The normalized spacial score (nSPS) is 18.0. The molecule has 1 saturated heterocycles. The highest BCUT2D eigenvalue weighted by Crippen LogP contribution is 2.17. The second-order valence-corrected chi connectivity index (χ2v) is 6.85. The van der Waals surface area contributed by atoms with E-state index in [1.54, 1.807) is 23.1 Å². The molecule has 1 heterocycles. The zero-order valence-electron chi connectivity index (χ0n) is 12.3. The van der Waals surface area contributed by atoms with Gasteiger partial charge in [-0.05, 0) is 25.0 Å². The molecule has 8 heteroatoms. The van der Waals surface area contributed by atoms with Crippen LogP contribution in [0.2, 0.25) is 0 Å². The zero-order valence-corrected chi connectivity index (χ0v) is 13.9. The largest absolute Gasteiger partial charge is 0.338 e. The topological polar surface area (TPSA) is 92.5 Å². The lowest BCUT2D eigenvalue weighted by Gasteiger charge is -2.23. The molecule has 0 aliphatic carbocycles. The quantitative estimate of drug-likeness (QED) is 0.793. The van der Waals surface area contributed by atoms with Gasteiger partial charge in [-0.2, -0.15) is 0 Å². The number of hydrogen-bond donors (Lipinski definition) is 2. The molecule has 1 unspecified atom stereocenters. The fraction of sp³-hybridized carbons (Fsp3) is 0.500. The van der Waals surface area contributed by atoms with E-state index in [-0.39, 0.29) is 42.2 Å². The highest BCUT2D eigenvalue weighted by atomic mass is 35.5. The molecular formula is C14H22ClN3O3S. The summed E-state index contributed by atoms with van der Waals surface area (Å²) in [6.07, 6.45) is 2.05. The molecule has 0 aromatic heterocycles. The maximum atomic E-state index is 12.1. The molecule has 6 nitrogen and oxygen atoms in total. The summed E-state index contributed by atoms with van der Waals surface area (Å²) in [6, 6.07) is 8.22. The van der Waals surface area contributed by atoms with Gasteiger partial charge in [0, 0.05) is 32.1 Å². The Labute approximate surface area is 137 Å². The Morgan fingerprint density at radius 3 is 2.64 bits per heavy atom. The Hall–Kier alpha value is -1.15. The highest BCUT2D eigenvalue weighted by Gasteiger charge is 2.27. The van der Waals surface area contributed by atoms with Crippen LogP contribution in [0.4, 0.5) is 0 Å². The van der Waals surface area contributed by atoms with E-state index in [2.05, 4.69) is 4.72 Å². The van der Waals surface area contributed by atoms with Crippen molar-refractivity contribution in [2.45, 2.75) is 30.2 Å². The van der Waals surface area contributed by atoms with Crippen molar-refractivity contribution in [2.24, 2.45) is 5.73 Å². The van der Waals surface area contributed by atoms with Gasteiger partial charge in [0.1, 0.15) is 0 Å². The molecule has 1 fully saturated rings. The van der Waals surface area contributed by atoms with Crippen LogP contribution in [-0.4, -0.2) is 44.9 Å². The minimum atomic E-state index is -3.54. The Morgan fingerprint density at radius 2 is 2.00 bits per heavy atom. The number of nitrogens with two attached hydrogens (primary N) is 1.